The molecule has 3 heteroatoms. The highest BCUT2D eigenvalue weighted by atomic mass is 19.1. The highest BCUT2D eigenvalue weighted by molar-refractivity contribution is 5.71. The molecule has 2 atom stereocenters. The molecule has 1 aliphatic heterocycles. The van der Waals surface area contributed by atoms with Gasteiger partial charge >= 0.3 is 0 Å². The summed E-state index contributed by atoms with van der Waals surface area (Å²) in [5, 5.41) is 11.7. The first-order valence-corrected chi connectivity index (χ1v) is 10.00. The van der Waals surface area contributed by atoms with E-state index in [1.807, 2.05) is 19.9 Å². The number of aryl methyl sites for hydroxylation is 1. The SMILES string of the molecule is C=C(c1ccc(C)cc1F)C(O)(CC)C1(C)CCC2(CC1)OCCC2C. The fourth-order valence-electron chi connectivity index (χ4n) is 5.21. The first kappa shape index (κ1) is 19.6. The van der Waals surface area contributed by atoms with Gasteiger partial charge in [-0.25, -0.2) is 4.39 Å². The van der Waals surface area contributed by atoms with Crippen LogP contribution >= 0.6 is 0 Å². The summed E-state index contributed by atoms with van der Waals surface area (Å²) in [5.41, 5.74) is 0.352. The Hall–Kier alpha value is -1.19. The molecule has 1 aromatic rings. The van der Waals surface area contributed by atoms with E-state index in [9.17, 15) is 9.50 Å². The molecule has 144 valence electrons. The predicted molar refractivity (Wildman–Crippen MR) is 104 cm³/mol. The van der Waals surface area contributed by atoms with Crippen LogP contribution in [0, 0.1) is 24.1 Å². The van der Waals surface area contributed by atoms with Crippen LogP contribution in [0.4, 0.5) is 4.39 Å². The molecule has 2 nitrogen and oxygen atoms in total. The second kappa shape index (κ2) is 6.76. The van der Waals surface area contributed by atoms with Crippen molar-refractivity contribution in [1.82, 2.24) is 0 Å². The summed E-state index contributed by atoms with van der Waals surface area (Å²) in [6.45, 7) is 13.3. The lowest BCUT2D eigenvalue weighted by Gasteiger charge is -2.52. The third kappa shape index (κ3) is 2.93. The lowest BCUT2D eigenvalue weighted by Crippen LogP contribution is -2.52. The highest BCUT2D eigenvalue weighted by Crippen LogP contribution is 2.56. The fraction of sp³-hybridized carbons (Fsp3) is 0.652. The fourth-order valence-corrected chi connectivity index (χ4v) is 5.21. The van der Waals surface area contributed by atoms with Crippen molar-refractivity contribution < 1.29 is 14.2 Å². The Kier molecular flexibility index (Phi) is 5.09. The number of aliphatic hydroxyl groups is 1. The molecule has 26 heavy (non-hydrogen) atoms. The van der Waals surface area contributed by atoms with Crippen molar-refractivity contribution in [3.05, 3.63) is 41.7 Å². The van der Waals surface area contributed by atoms with Gasteiger partial charge in [0.15, 0.2) is 0 Å². The number of hydrogen-bond acceptors (Lipinski definition) is 2. The van der Waals surface area contributed by atoms with Gasteiger partial charge in [-0.3, -0.25) is 0 Å². The molecule has 2 unspecified atom stereocenters. The number of benzene rings is 1. The largest absolute Gasteiger partial charge is 0.385 e. The molecule has 1 N–H and O–H groups in total. The molecule has 0 radical (unpaired) electrons. The maximum Gasteiger partial charge on any atom is 0.131 e. The third-order valence-electron chi connectivity index (χ3n) is 7.50. The Labute approximate surface area is 157 Å². The molecule has 2 aliphatic rings. The van der Waals surface area contributed by atoms with Crippen LogP contribution in [-0.2, 0) is 4.74 Å². The summed E-state index contributed by atoms with van der Waals surface area (Å²) in [6, 6.07) is 5.15. The summed E-state index contributed by atoms with van der Waals surface area (Å²) in [4.78, 5) is 0. The predicted octanol–water partition coefficient (Wildman–Crippen LogP) is 5.66. The lowest BCUT2D eigenvalue weighted by molar-refractivity contribution is -0.117. The van der Waals surface area contributed by atoms with E-state index in [1.165, 1.54) is 6.07 Å². The lowest BCUT2D eigenvalue weighted by atomic mass is 9.56. The molecule has 1 aromatic carbocycles. The molecule has 0 bridgehead atoms. The van der Waals surface area contributed by atoms with E-state index in [4.69, 9.17) is 4.74 Å². The monoisotopic (exact) mass is 360 g/mol. The van der Waals surface area contributed by atoms with Gasteiger partial charge in [0, 0.05) is 17.6 Å². The Morgan fingerprint density at radius 1 is 1.35 bits per heavy atom. The van der Waals surface area contributed by atoms with Gasteiger partial charge in [-0.2, -0.15) is 0 Å². The van der Waals surface area contributed by atoms with Gasteiger partial charge in [0.25, 0.3) is 0 Å². The van der Waals surface area contributed by atoms with E-state index in [1.54, 1.807) is 6.07 Å². The minimum atomic E-state index is -1.12. The van der Waals surface area contributed by atoms with Gasteiger partial charge in [-0.1, -0.05) is 39.5 Å². The molecule has 0 aromatic heterocycles. The van der Waals surface area contributed by atoms with E-state index >= 15 is 0 Å². The number of rotatable bonds is 4. The van der Waals surface area contributed by atoms with Crippen molar-refractivity contribution >= 4 is 5.57 Å². The molecule has 1 spiro atoms. The first-order chi connectivity index (χ1) is 12.2. The van der Waals surface area contributed by atoms with Crippen LogP contribution < -0.4 is 0 Å². The zero-order valence-corrected chi connectivity index (χ0v) is 16.7. The third-order valence-corrected chi connectivity index (χ3v) is 7.50. The van der Waals surface area contributed by atoms with Gasteiger partial charge in [-0.15, -0.1) is 0 Å². The molecule has 2 fully saturated rings. The molecule has 1 heterocycles. The van der Waals surface area contributed by atoms with Crippen LogP contribution in [0.15, 0.2) is 24.8 Å². The van der Waals surface area contributed by atoms with Crippen LogP contribution in [0.2, 0.25) is 0 Å². The minimum absolute atomic E-state index is 0.0232. The van der Waals surface area contributed by atoms with Gasteiger partial charge in [0.2, 0.25) is 0 Å². The molecule has 3 rings (SSSR count). The number of ether oxygens (including phenoxy) is 1. The topological polar surface area (TPSA) is 29.5 Å². The molecular weight excluding hydrogens is 327 g/mol. The summed E-state index contributed by atoms with van der Waals surface area (Å²) in [5.74, 6) is 0.269. The van der Waals surface area contributed by atoms with Gasteiger partial charge in [0.1, 0.15) is 5.82 Å². The summed E-state index contributed by atoms with van der Waals surface area (Å²) < 4.78 is 20.7. The maximum atomic E-state index is 14.6. The molecular formula is C23H33FO2. The Bertz CT molecular complexity index is 687. The zero-order valence-electron chi connectivity index (χ0n) is 16.7. The molecule has 1 saturated heterocycles. The Morgan fingerprint density at radius 3 is 2.50 bits per heavy atom. The van der Waals surface area contributed by atoms with Crippen LogP contribution in [0.1, 0.15) is 70.4 Å². The number of hydrogen-bond donors (Lipinski definition) is 1. The first-order valence-electron chi connectivity index (χ1n) is 10.00. The second-order valence-electron chi connectivity index (χ2n) is 8.84. The maximum absolute atomic E-state index is 14.6. The van der Waals surface area contributed by atoms with E-state index in [2.05, 4.69) is 20.4 Å². The van der Waals surface area contributed by atoms with Crippen molar-refractivity contribution in [2.75, 3.05) is 6.61 Å². The smallest absolute Gasteiger partial charge is 0.131 e. The van der Waals surface area contributed by atoms with Gasteiger partial charge in [0.05, 0.1) is 11.2 Å². The van der Waals surface area contributed by atoms with E-state index in [-0.39, 0.29) is 16.8 Å². The molecule has 0 amide bonds. The highest BCUT2D eigenvalue weighted by Gasteiger charge is 2.54. The van der Waals surface area contributed by atoms with E-state index in [0.717, 1.165) is 44.3 Å². The minimum Gasteiger partial charge on any atom is -0.385 e. The van der Waals surface area contributed by atoms with Crippen molar-refractivity contribution in [2.24, 2.45) is 11.3 Å². The average Bonchev–Trinajstić information content (AvgIpc) is 2.97. The van der Waals surface area contributed by atoms with E-state index in [0.29, 0.717) is 23.5 Å². The standard InChI is InChI=1S/C23H33FO2/c1-6-23(25,18(4)19-8-7-16(2)15-20(19)24)21(5)10-12-22(13-11-21)17(3)9-14-26-22/h7-8,15,17,25H,4,6,9-14H2,1-3,5H3. The van der Waals surface area contributed by atoms with Gasteiger partial charge < -0.3 is 9.84 Å². The van der Waals surface area contributed by atoms with Crippen molar-refractivity contribution in [2.45, 2.75) is 77.4 Å². The van der Waals surface area contributed by atoms with E-state index < -0.39 is 5.60 Å². The Balaban J connectivity index is 1.88. The zero-order chi connectivity index (χ0) is 19.2. The molecule has 1 saturated carbocycles. The number of halogens is 1. The molecule has 1 aliphatic carbocycles. The van der Waals surface area contributed by atoms with Crippen molar-refractivity contribution in [1.29, 1.82) is 0 Å². The van der Waals surface area contributed by atoms with Crippen LogP contribution in [0.5, 0.6) is 0 Å². The van der Waals surface area contributed by atoms with Crippen molar-refractivity contribution in [3.8, 4) is 0 Å². The quantitative estimate of drug-likeness (QED) is 0.750. The van der Waals surface area contributed by atoms with Crippen LogP contribution in [0.3, 0.4) is 0 Å². The van der Waals surface area contributed by atoms with Crippen LogP contribution in [-0.4, -0.2) is 22.9 Å². The second-order valence-corrected chi connectivity index (χ2v) is 8.84. The normalized spacial score (nSPS) is 34.0. The summed E-state index contributed by atoms with van der Waals surface area (Å²) >= 11 is 0. The van der Waals surface area contributed by atoms with Gasteiger partial charge in [-0.05, 0) is 68.6 Å². The van der Waals surface area contributed by atoms with Crippen LogP contribution in [0.25, 0.3) is 5.57 Å². The Morgan fingerprint density at radius 2 is 2.00 bits per heavy atom. The van der Waals surface area contributed by atoms with Crippen molar-refractivity contribution in [3.63, 3.8) is 0 Å². The summed E-state index contributed by atoms with van der Waals surface area (Å²) in [7, 11) is 0. The summed E-state index contributed by atoms with van der Waals surface area (Å²) in [6.07, 6.45) is 5.30. The average molecular weight is 361 g/mol.